The van der Waals surface area contributed by atoms with Crippen LogP contribution in [-0.2, 0) is 11.2 Å². The van der Waals surface area contributed by atoms with Crippen LogP contribution < -0.4 is 19.9 Å². The third kappa shape index (κ3) is 4.20. The molecule has 9 heteroatoms. The number of carbonyl (C=O) groups is 1. The molecular formula is C18H17FN5O3-. The van der Waals surface area contributed by atoms with Crippen molar-refractivity contribution in [3.8, 4) is 11.5 Å². The number of rotatable bonds is 7. The van der Waals surface area contributed by atoms with Crippen molar-refractivity contribution in [2.45, 2.75) is 12.3 Å². The van der Waals surface area contributed by atoms with E-state index >= 15 is 0 Å². The number of aromatic nitrogens is 4. The van der Waals surface area contributed by atoms with E-state index in [0.717, 1.165) is 0 Å². The van der Waals surface area contributed by atoms with Crippen molar-refractivity contribution in [2.75, 3.05) is 19.5 Å². The van der Waals surface area contributed by atoms with Gasteiger partial charge in [0, 0.05) is 5.82 Å². The van der Waals surface area contributed by atoms with Gasteiger partial charge in [0.25, 0.3) is 0 Å². The summed E-state index contributed by atoms with van der Waals surface area (Å²) in [5.74, 6) is -0.553. The van der Waals surface area contributed by atoms with Crippen LogP contribution in [0.1, 0.15) is 17.3 Å². The second-order valence-electron chi connectivity index (χ2n) is 5.64. The minimum atomic E-state index is -0.847. The molecule has 1 aromatic heterocycles. The summed E-state index contributed by atoms with van der Waals surface area (Å²) in [4.78, 5) is 12.8. The highest BCUT2D eigenvalue weighted by Gasteiger charge is 2.23. The smallest absolute Gasteiger partial charge is 0.232 e. The second-order valence-corrected chi connectivity index (χ2v) is 5.64. The van der Waals surface area contributed by atoms with Crippen LogP contribution in [0.25, 0.3) is 0 Å². The Bertz CT molecular complexity index is 917. The molecule has 1 amide bonds. The van der Waals surface area contributed by atoms with Gasteiger partial charge in [-0.05, 0) is 42.3 Å². The molecular weight excluding hydrogens is 353 g/mol. The number of anilines is 1. The Morgan fingerprint density at radius 2 is 2.04 bits per heavy atom. The Labute approximate surface area is 154 Å². The molecule has 8 nitrogen and oxygen atoms in total. The van der Waals surface area contributed by atoms with Crippen molar-refractivity contribution in [2.24, 2.45) is 0 Å². The molecule has 0 aliphatic carbocycles. The van der Waals surface area contributed by atoms with Crippen molar-refractivity contribution in [1.82, 2.24) is 20.6 Å². The standard InChI is InChI=1S/C18H18FN5O3/c1-26-12-7-8-16(27-2)11(9-12)10-13(17-21-23-24-22-17)18(25)20-15-6-4-3-5-14(15)19/h3-9,13H,10H2,1-2H3,(H2,20,21,22,23,24,25)/p-1/t13-/m0/s1. The molecule has 3 rings (SSSR count). The molecule has 1 N–H and O–H groups in total. The van der Waals surface area contributed by atoms with E-state index in [4.69, 9.17) is 9.47 Å². The molecule has 0 saturated carbocycles. The predicted octanol–water partition coefficient (Wildman–Crippen LogP) is 1.95. The average molecular weight is 370 g/mol. The molecule has 0 fully saturated rings. The number of methoxy groups -OCH3 is 2. The third-order valence-electron chi connectivity index (χ3n) is 4.01. The lowest BCUT2D eigenvalue weighted by molar-refractivity contribution is -0.117. The Morgan fingerprint density at radius 1 is 1.22 bits per heavy atom. The number of nitrogens with zero attached hydrogens (tertiary/aromatic N) is 4. The van der Waals surface area contributed by atoms with Crippen LogP contribution in [-0.4, -0.2) is 35.7 Å². The van der Waals surface area contributed by atoms with Crippen LogP contribution in [0.5, 0.6) is 11.5 Å². The Hall–Kier alpha value is -3.49. The van der Waals surface area contributed by atoms with E-state index in [-0.39, 0.29) is 17.9 Å². The molecule has 2 aromatic carbocycles. The zero-order chi connectivity index (χ0) is 19.2. The maximum atomic E-state index is 13.9. The molecule has 1 atom stereocenters. The summed E-state index contributed by atoms with van der Waals surface area (Å²) < 4.78 is 24.5. The maximum Gasteiger partial charge on any atom is 0.232 e. The van der Waals surface area contributed by atoms with Crippen LogP contribution in [0.2, 0.25) is 0 Å². The normalized spacial score (nSPS) is 11.7. The van der Waals surface area contributed by atoms with Crippen LogP contribution in [0.3, 0.4) is 0 Å². The first kappa shape index (κ1) is 18.3. The van der Waals surface area contributed by atoms with Gasteiger partial charge in [-0.3, -0.25) is 15.1 Å². The van der Waals surface area contributed by atoms with Gasteiger partial charge in [0.15, 0.2) is 0 Å². The highest BCUT2D eigenvalue weighted by molar-refractivity contribution is 5.95. The van der Waals surface area contributed by atoms with E-state index in [1.807, 2.05) is 0 Å². The van der Waals surface area contributed by atoms with E-state index < -0.39 is 17.6 Å². The molecule has 3 aromatic rings. The van der Waals surface area contributed by atoms with Crippen LogP contribution in [0, 0.1) is 5.82 Å². The maximum absolute atomic E-state index is 13.9. The molecule has 27 heavy (non-hydrogen) atoms. The van der Waals surface area contributed by atoms with Gasteiger partial charge in [-0.2, -0.15) is 5.21 Å². The monoisotopic (exact) mass is 370 g/mol. The Balaban J connectivity index is 1.91. The van der Waals surface area contributed by atoms with Crippen molar-refractivity contribution in [1.29, 1.82) is 0 Å². The van der Waals surface area contributed by atoms with Crippen LogP contribution >= 0.6 is 0 Å². The fraction of sp³-hybridized carbons (Fsp3) is 0.222. The number of carbonyl (C=O) groups excluding carboxylic acids is 1. The largest absolute Gasteiger partial charge is 0.497 e. The molecule has 0 saturated heterocycles. The fourth-order valence-electron chi connectivity index (χ4n) is 2.64. The van der Waals surface area contributed by atoms with Crippen LogP contribution in [0.4, 0.5) is 10.1 Å². The molecule has 0 aliphatic rings. The first-order valence-corrected chi connectivity index (χ1v) is 8.07. The summed E-state index contributed by atoms with van der Waals surface area (Å²) in [6.07, 6.45) is 0.189. The van der Waals surface area contributed by atoms with Crippen molar-refractivity contribution < 1.29 is 18.7 Å². The number of ether oxygens (including phenoxy) is 2. The Kier molecular flexibility index (Phi) is 5.60. The Morgan fingerprint density at radius 3 is 2.70 bits per heavy atom. The SMILES string of the molecule is COc1ccc(OC)c(C[C@H](C(=O)Nc2ccccc2F)c2nnn[n-]2)c1. The summed E-state index contributed by atoms with van der Waals surface area (Å²) in [6, 6.07) is 11.1. The summed E-state index contributed by atoms with van der Waals surface area (Å²) in [6.45, 7) is 0. The van der Waals surface area contributed by atoms with E-state index in [1.54, 1.807) is 31.4 Å². The predicted molar refractivity (Wildman–Crippen MR) is 94.2 cm³/mol. The van der Waals surface area contributed by atoms with Gasteiger partial charge in [-0.1, -0.05) is 12.1 Å². The average Bonchev–Trinajstić information content (AvgIpc) is 3.22. The van der Waals surface area contributed by atoms with Crippen molar-refractivity contribution in [3.05, 3.63) is 59.7 Å². The van der Waals surface area contributed by atoms with Crippen molar-refractivity contribution >= 4 is 11.6 Å². The lowest BCUT2D eigenvalue weighted by Crippen LogP contribution is -2.25. The van der Waals surface area contributed by atoms with Gasteiger partial charge >= 0.3 is 0 Å². The molecule has 0 radical (unpaired) electrons. The van der Waals surface area contributed by atoms with Gasteiger partial charge in [0.2, 0.25) is 5.91 Å². The molecule has 0 bridgehead atoms. The minimum absolute atomic E-state index is 0.0672. The quantitative estimate of drug-likeness (QED) is 0.678. The van der Waals surface area contributed by atoms with Gasteiger partial charge in [-0.15, -0.1) is 0 Å². The van der Waals surface area contributed by atoms with Gasteiger partial charge in [0.1, 0.15) is 17.3 Å². The number of amides is 1. The second kappa shape index (κ2) is 8.26. The number of halogens is 1. The highest BCUT2D eigenvalue weighted by atomic mass is 19.1. The minimum Gasteiger partial charge on any atom is -0.497 e. The zero-order valence-electron chi connectivity index (χ0n) is 14.7. The summed E-state index contributed by atoms with van der Waals surface area (Å²) in [7, 11) is 3.07. The van der Waals surface area contributed by atoms with E-state index in [9.17, 15) is 9.18 Å². The lowest BCUT2D eigenvalue weighted by Gasteiger charge is -2.19. The van der Waals surface area contributed by atoms with E-state index in [0.29, 0.717) is 17.1 Å². The van der Waals surface area contributed by atoms with Gasteiger partial charge in [0.05, 0.1) is 25.8 Å². The van der Waals surface area contributed by atoms with E-state index in [1.165, 1.54) is 25.3 Å². The number of para-hydroxylation sites is 1. The third-order valence-corrected chi connectivity index (χ3v) is 4.01. The van der Waals surface area contributed by atoms with Crippen molar-refractivity contribution in [3.63, 3.8) is 0 Å². The molecule has 140 valence electrons. The summed E-state index contributed by atoms with van der Waals surface area (Å²) >= 11 is 0. The molecule has 0 spiro atoms. The molecule has 0 unspecified atom stereocenters. The topological polar surface area (TPSA) is 100 Å². The first-order chi connectivity index (χ1) is 13.1. The van der Waals surface area contributed by atoms with Gasteiger partial charge in [-0.25, -0.2) is 4.39 Å². The number of nitrogens with one attached hydrogen (secondary N) is 1. The first-order valence-electron chi connectivity index (χ1n) is 8.07. The van der Waals surface area contributed by atoms with Gasteiger partial charge < -0.3 is 19.9 Å². The van der Waals surface area contributed by atoms with Crippen LogP contribution in [0.15, 0.2) is 42.5 Å². The van der Waals surface area contributed by atoms with E-state index in [2.05, 4.69) is 25.9 Å². The number of benzene rings is 2. The fourth-order valence-corrected chi connectivity index (χ4v) is 2.64. The summed E-state index contributed by atoms with van der Waals surface area (Å²) in [5, 5.41) is 17.1. The number of hydrogen-bond acceptors (Lipinski definition) is 6. The zero-order valence-corrected chi connectivity index (χ0v) is 14.7. The number of hydrogen-bond donors (Lipinski definition) is 1. The summed E-state index contributed by atoms with van der Waals surface area (Å²) in [5.41, 5.74) is 0.771. The molecule has 1 heterocycles. The molecule has 0 aliphatic heterocycles. The highest BCUT2D eigenvalue weighted by Crippen LogP contribution is 2.29. The number of tetrazole rings is 1. The lowest BCUT2D eigenvalue weighted by atomic mass is 9.96.